The average molecular weight is 437 g/mol. The molecule has 0 amide bonds. The number of benzene rings is 3. The Balaban J connectivity index is 0.00000149. The van der Waals surface area contributed by atoms with Crippen LogP contribution in [0.25, 0.3) is 5.57 Å². The van der Waals surface area contributed by atoms with Crippen molar-refractivity contribution in [2.45, 2.75) is 46.5 Å². The molecule has 1 aliphatic carbocycles. The van der Waals surface area contributed by atoms with Gasteiger partial charge in [-0.15, -0.1) is 0 Å². The molecule has 0 atom stereocenters. The molecule has 1 aliphatic rings. The predicted molar refractivity (Wildman–Crippen MR) is 135 cm³/mol. The molecule has 1 N–H and O–H groups in total. The lowest BCUT2D eigenvalue weighted by molar-refractivity contribution is 0.475. The minimum Gasteiger partial charge on any atom is -0.508 e. The summed E-state index contributed by atoms with van der Waals surface area (Å²) >= 11 is 0. The van der Waals surface area contributed by atoms with Crippen LogP contribution in [0, 0.1) is 36.4 Å². The minimum atomic E-state index is -0.301. The number of phenolic OH excluding ortho intramolecular Hbond substituents is 1. The molecule has 0 spiro atoms. The number of hydrogen-bond acceptors (Lipinski definition) is 1. The van der Waals surface area contributed by atoms with Crippen molar-refractivity contribution >= 4 is 5.57 Å². The molecule has 0 aromatic heterocycles. The van der Waals surface area contributed by atoms with Gasteiger partial charge in [0, 0.05) is 22.3 Å². The average Bonchev–Trinajstić information content (AvgIpc) is 2.86. The molecule has 0 heterocycles. The summed E-state index contributed by atoms with van der Waals surface area (Å²) in [7, 11) is 0. The van der Waals surface area contributed by atoms with Gasteiger partial charge in [0.05, 0.1) is 5.56 Å². The molecule has 0 unspecified atom stereocenters. The molecule has 4 rings (SSSR count). The Morgan fingerprint density at radius 1 is 0.727 bits per heavy atom. The Bertz CT molecular complexity index is 1240. The summed E-state index contributed by atoms with van der Waals surface area (Å²) < 4.78 is 15.6. The van der Waals surface area contributed by atoms with Gasteiger partial charge in [0.1, 0.15) is 11.6 Å². The van der Waals surface area contributed by atoms with E-state index in [4.69, 9.17) is 0 Å². The lowest BCUT2D eigenvalue weighted by Crippen LogP contribution is -2.01. The standard InChI is InChI=1S/C29H23FO.C2H6/c1-21-7-9-22(10-8-21)12-16-26-18-17-25(15-11-23-13-19-27(31)20-14-23)28(29(26)30)24-5-3-2-4-6-24;1-2/h5,7-10,13-14,17-20,31H,2-4,6H2,1H3;1-2H3. The summed E-state index contributed by atoms with van der Waals surface area (Å²) in [4.78, 5) is 0. The monoisotopic (exact) mass is 436 g/mol. The maximum atomic E-state index is 15.6. The first-order valence-corrected chi connectivity index (χ1v) is 11.5. The van der Waals surface area contributed by atoms with E-state index in [1.807, 2.05) is 51.1 Å². The Hall–Kier alpha value is -3.75. The highest BCUT2D eigenvalue weighted by Crippen LogP contribution is 2.32. The molecule has 3 aromatic rings. The lowest BCUT2D eigenvalue weighted by Gasteiger charge is -2.16. The molecule has 0 bridgehead atoms. The van der Waals surface area contributed by atoms with Gasteiger partial charge in [0.15, 0.2) is 0 Å². The smallest absolute Gasteiger partial charge is 0.147 e. The van der Waals surface area contributed by atoms with E-state index in [9.17, 15) is 5.11 Å². The Morgan fingerprint density at radius 3 is 1.91 bits per heavy atom. The van der Waals surface area contributed by atoms with E-state index >= 15 is 4.39 Å². The van der Waals surface area contributed by atoms with E-state index in [2.05, 4.69) is 29.8 Å². The van der Waals surface area contributed by atoms with Crippen molar-refractivity contribution in [1.29, 1.82) is 0 Å². The largest absolute Gasteiger partial charge is 0.508 e. The molecule has 33 heavy (non-hydrogen) atoms. The van der Waals surface area contributed by atoms with Gasteiger partial charge < -0.3 is 5.11 Å². The van der Waals surface area contributed by atoms with Crippen molar-refractivity contribution in [3.63, 3.8) is 0 Å². The van der Waals surface area contributed by atoms with Crippen LogP contribution in [0.2, 0.25) is 0 Å². The van der Waals surface area contributed by atoms with E-state index in [1.54, 1.807) is 30.3 Å². The molecule has 2 heteroatoms. The highest BCUT2D eigenvalue weighted by atomic mass is 19.1. The zero-order chi connectivity index (χ0) is 23.6. The van der Waals surface area contributed by atoms with Crippen LogP contribution in [0.1, 0.15) is 72.9 Å². The van der Waals surface area contributed by atoms with Gasteiger partial charge in [-0.25, -0.2) is 4.39 Å². The molecule has 0 fully saturated rings. The SMILES string of the molecule is CC.Cc1ccc(C#Cc2ccc(C#Cc3ccc(O)cc3)c(C3=CCCCC3)c2F)cc1. The summed E-state index contributed by atoms with van der Waals surface area (Å²) in [5.41, 5.74) is 5.43. The fraction of sp³-hybridized carbons (Fsp3) is 0.226. The second kappa shape index (κ2) is 11.8. The lowest BCUT2D eigenvalue weighted by atomic mass is 9.89. The summed E-state index contributed by atoms with van der Waals surface area (Å²) in [6.07, 6.45) is 6.12. The first-order valence-electron chi connectivity index (χ1n) is 11.5. The molecule has 0 radical (unpaired) electrons. The number of aryl methyl sites for hydroxylation is 1. The number of aromatic hydroxyl groups is 1. The summed E-state index contributed by atoms with van der Waals surface area (Å²) in [6, 6.07) is 18.2. The highest BCUT2D eigenvalue weighted by Gasteiger charge is 2.17. The quantitative estimate of drug-likeness (QED) is 0.389. The van der Waals surface area contributed by atoms with Crippen LogP contribution in [-0.2, 0) is 0 Å². The van der Waals surface area contributed by atoms with Crippen molar-refractivity contribution in [1.82, 2.24) is 0 Å². The van der Waals surface area contributed by atoms with Gasteiger partial charge in [-0.05, 0) is 86.7 Å². The number of rotatable bonds is 1. The van der Waals surface area contributed by atoms with Gasteiger partial charge in [0.25, 0.3) is 0 Å². The van der Waals surface area contributed by atoms with Crippen molar-refractivity contribution in [3.05, 3.63) is 106 Å². The number of phenols is 1. The topological polar surface area (TPSA) is 20.2 Å². The van der Waals surface area contributed by atoms with E-state index in [-0.39, 0.29) is 11.6 Å². The van der Waals surface area contributed by atoms with Crippen molar-refractivity contribution < 1.29 is 9.50 Å². The third-order valence-electron chi connectivity index (χ3n) is 5.36. The maximum Gasteiger partial charge on any atom is 0.147 e. The van der Waals surface area contributed by atoms with Crippen LogP contribution >= 0.6 is 0 Å². The molecule has 0 aliphatic heterocycles. The van der Waals surface area contributed by atoms with Crippen LogP contribution in [0.4, 0.5) is 4.39 Å². The summed E-state index contributed by atoms with van der Waals surface area (Å²) in [6.45, 7) is 6.03. The molecular weight excluding hydrogens is 407 g/mol. The van der Waals surface area contributed by atoms with Gasteiger partial charge in [-0.2, -0.15) is 0 Å². The Morgan fingerprint density at radius 2 is 1.30 bits per heavy atom. The highest BCUT2D eigenvalue weighted by molar-refractivity contribution is 5.74. The van der Waals surface area contributed by atoms with E-state index in [0.29, 0.717) is 16.7 Å². The second-order valence-electron chi connectivity index (χ2n) is 7.74. The van der Waals surface area contributed by atoms with Gasteiger partial charge >= 0.3 is 0 Å². The molecule has 0 saturated heterocycles. The normalized spacial score (nSPS) is 12.2. The molecule has 0 saturated carbocycles. The van der Waals surface area contributed by atoms with Crippen LogP contribution in [0.3, 0.4) is 0 Å². The van der Waals surface area contributed by atoms with Gasteiger partial charge in [-0.3, -0.25) is 0 Å². The fourth-order valence-electron chi connectivity index (χ4n) is 3.62. The fourth-order valence-corrected chi connectivity index (χ4v) is 3.62. The zero-order valence-electron chi connectivity index (χ0n) is 19.5. The number of allylic oxidation sites excluding steroid dienone is 2. The third kappa shape index (κ3) is 6.38. The number of halogens is 1. The Labute approximate surface area is 197 Å². The van der Waals surface area contributed by atoms with Crippen molar-refractivity contribution in [3.8, 4) is 29.4 Å². The Kier molecular flexibility index (Phi) is 8.51. The first kappa shape index (κ1) is 23.9. The third-order valence-corrected chi connectivity index (χ3v) is 5.36. The van der Waals surface area contributed by atoms with Gasteiger partial charge in [-0.1, -0.05) is 61.3 Å². The van der Waals surface area contributed by atoms with Crippen LogP contribution in [-0.4, -0.2) is 5.11 Å². The van der Waals surface area contributed by atoms with E-state index in [0.717, 1.165) is 42.4 Å². The summed E-state index contributed by atoms with van der Waals surface area (Å²) in [5.74, 6) is 12.2. The predicted octanol–water partition coefficient (Wildman–Crippen LogP) is 7.62. The van der Waals surface area contributed by atoms with Crippen molar-refractivity contribution in [2.75, 3.05) is 0 Å². The molecule has 3 aromatic carbocycles. The maximum absolute atomic E-state index is 15.6. The van der Waals surface area contributed by atoms with Crippen LogP contribution < -0.4 is 0 Å². The molecule has 166 valence electrons. The van der Waals surface area contributed by atoms with E-state index in [1.165, 1.54) is 5.56 Å². The minimum absolute atomic E-state index is 0.196. The second-order valence-corrected chi connectivity index (χ2v) is 7.74. The van der Waals surface area contributed by atoms with Crippen LogP contribution in [0.15, 0.2) is 66.7 Å². The summed E-state index contributed by atoms with van der Waals surface area (Å²) in [5, 5.41) is 9.45. The first-order chi connectivity index (χ1) is 16.1. The number of hydrogen-bond donors (Lipinski definition) is 1. The zero-order valence-corrected chi connectivity index (χ0v) is 19.5. The van der Waals surface area contributed by atoms with Crippen molar-refractivity contribution in [2.24, 2.45) is 0 Å². The molecule has 1 nitrogen and oxygen atoms in total. The van der Waals surface area contributed by atoms with Gasteiger partial charge in [0.2, 0.25) is 0 Å². The van der Waals surface area contributed by atoms with Crippen LogP contribution in [0.5, 0.6) is 5.75 Å². The molecular formula is C31H29FO. The van der Waals surface area contributed by atoms with E-state index < -0.39 is 0 Å².